The van der Waals surface area contributed by atoms with Gasteiger partial charge >= 0.3 is 0 Å². The van der Waals surface area contributed by atoms with Crippen LogP contribution < -0.4 is 15.2 Å². The van der Waals surface area contributed by atoms with E-state index < -0.39 is 0 Å². The van der Waals surface area contributed by atoms with Crippen LogP contribution in [-0.4, -0.2) is 14.2 Å². The summed E-state index contributed by atoms with van der Waals surface area (Å²) in [5, 5.41) is 0. The number of benzene rings is 1. The fraction of sp³-hybridized carbons (Fsp3) is 0.333. The van der Waals surface area contributed by atoms with Crippen molar-refractivity contribution in [1.29, 1.82) is 0 Å². The highest BCUT2D eigenvalue weighted by molar-refractivity contribution is 5.40. The minimum atomic E-state index is 0.729. The average molecular weight is 168 g/mol. The molecule has 0 radical (unpaired) electrons. The van der Waals surface area contributed by atoms with Crippen LogP contribution in [0.15, 0.2) is 18.2 Å². The van der Waals surface area contributed by atoms with Crippen molar-refractivity contribution in [3.63, 3.8) is 0 Å². The van der Waals surface area contributed by atoms with Crippen molar-refractivity contribution < 1.29 is 15.2 Å². The van der Waals surface area contributed by atoms with Gasteiger partial charge < -0.3 is 15.2 Å². The van der Waals surface area contributed by atoms with Gasteiger partial charge in [0.05, 0.1) is 14.2 Å². The predicted octanol–water partition coefficient (Wildman–Crippen LogP) is 0.446. The number of hydrogen-bond acceptors (Lipinski definition) is 2. The zero-order chi connectivity index (χ0) is 8.97. The van der Waals surface area contributed by atoms with E-state index in [2.05, 4.69) is 5.73 Å². The molecule has 0 amide bonds. The lowest BCUT2D eigenvalue weighted by molar-refractivity contribution is -0.386. The lowest BCUT2D eigenvalue weighted by Crippen LogP contribution is -2.47. The highest BCUT2D eigenvalue weighted by atomic mass is 16.5. The summed E-state index contributed by atoms with van der Waals surface area (Å²) in [6, 6.07) is 5.73. The molecule has 1 aromatic carbocycles. The van der Waals surface area contributed by atoms with Crippen molar-refractivity contribution in [3.8, 4) is 11.5 Å². The van der Waals surface area contributed by atoms with Crippen molar-refractivity contribution >= 4 is 0 Å². The first-order chi connectivity index (χ1) is 5.81. The number of ether oxygens (including phenoxy) is 2. The molecule has 3 N–H and O–H groups in total. The van der Waals surface area contributed by atoms with Gasteiger partial charge in [-0.3, -0.25) is 0 Å². The average Bonchev–Trinajstić information content (AvgIpc) is 2.16. The van der Waals surface area contributed by atoms with Crippen LogP contribution in [0.25, 0.3) is 0 Å². The second-order valence-corrected chi connectivity index (χ2v) is 2.43. The molecule has 12 heavy (non-hydrogen) atoms. The Kier molecular flexibility index (Phi) is 2.94. The SMILES string of the molecule is COc1ccc(C[NH3+])c(OC)c1. The molecule has 0 aliphatic carbocycles. The molecule has 0 bridgehead atoms. The van der Waals surface area contributed by atoms with E-state index in [4.69, 9.17) is 9.47 Å². The Morgan fingerprint density at radius 1 is 1.25 bits per heavy atom. The van der Waals surface area contributed by atoms with E-state index in [-0.39, 0.29) is 0 Å². The molecule has 0 aliphatic heterocycles. The highest BCUT2D eigenvalue weighted by Crippen LogP contribution is 2.23. The predicted molar refractivity (Wildman–Crippen MR) is 46.1 cm³/mol. The summed E-state index contributed by atoms with van der Waals surface area (Å²) in [6.45, 7) is 0.729. The molecule has 0 saturated carbocycles. The molecule has 3 nitrogen and oxygen atoms in total. The van der Waals surface area contributed by atoms with E-state index in [1.54, 1.807) is 14.2 Å². The maximum atomic E-state index is 5.16. The normalized spacial score (nSPS) is 9.58. The number of quaternary nitrogens is 1. The van der Waals surface area contributed by atoms with Crippen LogP contribution in [-0.2, 0) is 6.54 Å². The first-order valence-corrected chi connectivity index (χ1v) is 3.82. The smallest absolute Gasteiger partial charge is 0.131 e. The lowest BCUT2D eigenvalue weighted by atomic mass is 10.2. The van der Waals surface area contributed by atoms with Gasteiger partial charge in [0.15, 0.2) is 0 Å². The molecule has 0 saturated heterocycles. The summed E-state index contributed by atoms with van der Waals surface area (Å²) in [5.41, 5.74) is 4.89. The Labute approximate surface area is 72.1 Å². The van der Waals surface area contributed by atoms with Crippen LogP contribution >= 0.6 is 0 Å². The van der Waals surface area contributed by atoms with Gasteiger partial charge in [-0.1, -0.05) is 0 Å². The molecule has 0 heterocycles. The summed E-state index contributed by atoms with van der Waals surface area (Å²) in [6.07, 6.45) is 0. The van der Waals surface area contributed by atoms with Crippen molar-refractivity contribution in [3.05, 3.63) is 23.8 Å². The molecular formula is C9H14NO2+. The zero-order valence-corrected chi connectivity index (χ0v) is 7.46. The van der Waals surface area contributed by atoms with Gasteiger partial charge in [-0.2, -0.15) is 0 Å². The van der Waals surface area contributed by atoms with Gasteiger partial charge in [0.2, 0.25) is 0 Å². The molecule has 0 spiro atoms. The van der Waals surface area contributed by atoms with E-state index >= 15 is 0 Å². The summed E-state index contributed by atoms with van der Waals surface area (Å²) in [5.74, 6) is 1.65. The van der Waals surface area contributed by atoms with Gasteiger partial charge in [0.25, 0.3) is 0 Å². The highest BCUT2D eigenvalue weighted by Gasteiger charge is 2.03. The molecule has 0 aromatic heterocycles. The minimum Gasteiger partial charge on any atom is -0.497 e. The molecular weight excluding hydrogens is 154 g/mol. The van der Waals surface area contributed by atoms with E-state index in [1.807, 2.05) is 18.2 Å². The first-order valence-electron chi connectivity index (χ1n) is 3.82. The van der Waals surface area contributed by atoms with Crippen molar-refractivity contribution in [2.24, 2.45) is 0 Å². The van der Waals surface area contributed by atoms with Crippen LogP contribution in [0.2, 0.25) is 0 Å². The summed E-state index contributed by atoms with van der Waals surface area (Å²) in [7, 11) is 3.28. The Hall–Kier alpha value is -1.22. The third-order valence-corrected chi connectivity index (χ3v) is 1.76. The molecule has 0 unspecified atom stereocenters. The van der Waals surface area contributed by atoms with E-state index in [9.17, 15) is 0 Å². The molecule has 1 aromatic rings. The third kappa shape index (κ3) is 1.68. The van der Waals surface area contributed by atoms with Crippen molar-refractivity contribution in [2.45, 2.75) is 6.54 Å². The van der Waals surface area contributed by atoms with E-state index in [0.29, 0.717) is 0 Å². The summed E-state index contributed by atoms with van der Waals surface area (Å²) >= 11 is 0. The van der Waals surface area contributed by atoms with Crippen LogP contribution in [0.1, 0.15) is 5.56 Å². The Balaban J connectivity index is 3.02. The Morgan fingerprint density at radius 3 is 2.50 bits per heavy atom. The second kappa shape index (κ2) is 3.97. The maximum Gasteiger partial charge on any atom is 0.131 e. The van der Waals surface area contributed by atoms with Crippen molar-refractivity contribution in [2.75, 3.05) is 14.2 Å². The molecule has 66 valence electrons. The first kappa shape index (κ1) is 8.87. The van der Waals surface area contributed by atoms with Gasteiger partial charge in [-0.05, 0) is 12.1 Å². The molecule has 1 rings (SSSR count). The standard InChI is InChI=1S/C9H13NO2/c1-11-8-4-3-7(6-10)9(5-8)12-2/h3-5H,6,10H2,1-2H3/p+1. The molecule has 0 fully saturated rings. The number of hydrogen-bond donors (Lipinski definition) is 1. The van der Waals surface area contributed by atoms with Crippen LogP contribution in [0.4, 0.5) is 0 Å². The fourth-order valence-corrected chi connectivity index (χ4v) is 1.06. The van der Waals surface area contributed by atoms with E-state index in [1.165, 1.54) is 0 Å². The lowest BCUT2D eigenvalue weighted by Gasteiger charge is -2.06. The quantitative estimate of drug-likeness (QED) is 0.712. The van der Waals surface area contributed by atoms with Crippen molar-refractivity contribution in [1.82, 2.24) is 0 Å². The van der Waals surface area contributed by atoms with Gasteiger partial charge in [0, 0.05) is 11.6 Å². The molecule has 0 aliphatic rings. The van der Waals surface area contributed by atoms with E-state index in [0.717, 1.165) is 23.6 Å². The fourth-order valence-electron chi connectivity index (χ4n) is 1.06. The number of methoxy groups -OCH3 is 2. The largest absolute Gasteiger partial charge is 0.497 e. The summed E-state index contributed by atoms with van der Waals surface area (Å²) in [4.78, 5) is 0. The van der Waals surface area contributed by atoms with Crippen LogP contribution in [0.5, 0.6) is 11.5 Å². The Morgan fingerprint density at radius 2 is 2.00 bits per heavy atom. The monoisotopic (exact) mass is 168 g/mol. The van der Waals surface area contributed by atoms with Crippen LogP contribution in [0.3, 0.4) is 0 Å². The summed E-state index contributed by atoms with van der Waals surface area (Å²) < 4.78 is 10.2. The minimum absolute atomic E-state index is 0.729. The molecule has 3 heteroatoms. The van der Waals surface area contributed by atoms with Gasteiger partial charge in [-0.25, -0.2) is 0 Å². The second-order valence-electron chi connectivity index (χ2n) is 2.43. The number of rotatable bonds is 3. The van der Waals surface area contributed by atoms with Gasteiger partial charge in [-0.15, -0.1) is 0 Å². The zero-order valence-electron chi connectivity index (χ0n) is 7.46. The van der Waals surface area contributed by atoms with Gasteiger partial charge in [0.1, 0.15) is 18.0 Å². The Bertz CT molecular complexity index is 261. The maximum absolute atomic E-state index is 5.16. The third-order valence-electron chi connectivity index (χ3n) is 1.76. The molecule has 0 atom stereocenters. The van der Waals surface area contributed by atoms with Crippen LogP contribution in [0, 0.1) is 0 Å². The topological polar surface area (TPSA) is 46.1 Å².